The molecule has 1 heterocycles. The number of carbonyl (C=O) groups is 1. The van der Waals surface area contributed by atoms with Crippen LogP contribution in [-0.4, -0.2) is 42.3 Å². The van der Waals surface area contributed by atoms with E-state index in [1.165, 1.54) is 0 Å². The van der Waals surface area contributed by atoms with Gasteiger partial charge in [0.1, 0.15) is 5.75 Å². The third-order valence-corrected chi connectivity index (χ3v) is 4.10. The van der Waals surface area contributed by atoms with Gasteiger partial charge in [0, 0.05) is 17.6 Å². The van der Waals surface area contributed by atoms with Crippen molar-refractivity contribution < 1.29 is 14.6 Å². The molecule has 2 atom stereocenters. The number of aliphatic hydroxyl groups is 1. The number of amides is 2. The Labute approximate surface area is 127 Å². The molecule has 2 rings (SSSR count). The van der Waals surface area contributed by atoms with Crippen molar-refractivity contribution in [3.05, 3.63) is 22.7 Å². The highest BCUT2D eigenvalue weighted by atomic mass is 79.9. The molecule has 0 bridgehead atoms. The summed E-state index contributed by atoms with van der Waals surface area (Å²) in [5, 5.41) is 12.7. The lowest BCUT2D eigenvalue weighted by Gasteiger charge is -2.34. The van der Waals surface area contributed by atoms with Crippen molar-refractivity contribution in [2.24, 2.45) is 5.92 Å². The molecule has 1 aromatic rings. The molecule has 5 nitrogen and oxygen atoms in total. The molecule has 2 amide bonds. The zero-order valence-corrected chi connectivity index (χ0v) is 13.2. The number of piperidine rings is 1. The number of likely N-dealkylation sites (tertiary alicyclic amines) is 1. The number of ether oxygens (including phenoxy) is 1. The average Bonchev–Trinajstić information content (AvgIpc) is 2.42. The number of benzene rings is 1. The van der Waals surface area contributed by atoms with Crippen molar-refractivity contribution in [2.45, 2.75) is 19.4 Å². The van der Waals surface area contributed by atoms with Gasteiger partial charge in [0.25, 0.3) is 0 Å². The lowest BCUT2D eigenvalue weighted by atomic mass is 9.96. The first kappa shape index (κ1) is 15.1. The van der Waals surface area contributed by atoms with E-state index in [1.54, 1.807) is 24.1 Å². The first-order valence-electron chi connectivity index (χ1n) is 6.58. The number of methoxy groups -OCH3 is 1. The van der Waals surface area contributed by atoms with E-state index in [-0.39, 0.29) is 11.9 Å². The molecule has 6 heteroatoms. The summed E-state index contributed by atoms with van der Waals surface area (Å²) in [6.45, 7) is 3.01. The minimum Gasteiger partial charge on any atom is -0.495 e. The van der Waals surface area contributed by atoms with Gasteiger partial charge in [-0.3, -0.25) is 0 Å². The van der Waals surface area contributed by atoms with Gasteiger partial charge in [0.15, 0.2) is 0 Å². The van der Waals surface area contributed by atoms with Gasteiger partial charge >= 0.3 is 6.03 Å². The summed E-state index contributed by atoms with van der Waals surface area (Å²) >= 11 is 3.37. The zero-order chi connectivity index (χ0) is 14.7. The third-order valence-electron chi connectivity index (χ3n) is 3.61. The Kier molecular flexibility index (Phi) is 4.88. The number of aliphatic hydroxyl groups excluding tert-OH is 1. The van der Waals surface area contributed by atoms with E-state index in [0.717, 1.165) is 10.9 Å². The minimum atomic E-state index is -0.459. The van der Waals surface area contributed by atoms with Crippen LogP contribution in [0.5, 0.6) is 5.75 Å². The lowest BCUT2D eigenvalue weighted by molar-refractivity contribution is 0.0463. The monoisotopic (exact) mass is 342 g/mol. The molecule has 110 valence electrons. The van der Waals surface area contributed by atoms with Crippen LogP contribution in [0, 0.1) is 5.92 Å². The molecule has 1 fully saturated rings. The molecule has 0 aliphatic carbocycles. The van der Waals surface area contributed by atoms with Gasteiger partial charge in [-0.1, -0.05) is 22.9 Å². The fourth-order valence-corrected chi connectivity index (χ4v) is 2.57. The molecule has 0 aromatic heterocycles. The number of β-amino-alcohol motifs (C(OH)–C–C–N with tert-alkyl or cyclic N) is 1. The molecule has 2 unspecified atom stereocenters. The number of halogens is 1. The zero-order valence-electron chi connectivity index (χ0n) is 11.6. The second-order valence-corrected chi connectivity index (χ2v) is 5.97. The average molecular weight is 343 g/mol. The lowest BCUT2D eigenvalue weighted by Crippen LogP contribution is -2.47. The van der Waals surface area contributed by atoms with Crippen molar-refractivity contribution >= 4 is 27.6 Å². The number of urea groups is 1. The first-order valence-corrected chi connectivity index (χ1v) is 7.38. The van der Waals surface area contributed by atoms with Gasteiger partial charge in [-0.25, -0.2) is 4.79 Å². The van der Waals surface area contributed by atoms with Crippen LogP contribution in [0.15, 0.2) is 22.7 Å². The van der Waals surface area contributed by atoms with Gasteiger partial charge in [0.05, 0.1) is 18.9 Å². The quantitative estimate of drug-likeness (QED) is 0.868. The van der Waals surface area contributed by atoms with Crippen molar-refractivity contribution in [1.82, 2.24) is 4.90 Å². The number of nitrogens with zero attached hydrogens (tertiary/aromatic N) is 1. The van der Waals surface area contributed by atoms with Crippen molar-refractivity contribution in [1.29, 1.82) is 0 Å². The third kappa shape index (κ3) is 3.43. The largest absolute Gasteiger partial charge is 0.495 e. The molecule has 1 saturated heterocycles. The van der Waals surface area contributed by atoms with Crippen LogP contribution < -0.4 is 10.1 Å². The number of hydrogen-bond donors (Lipinski definition) is 2. The fourth-order valence-electron chi connectivity index (χ4n) is 2.21. The Bertz CT molecular complexity index is 495. The van der Waals surface area contributed by atoms with Gasteiger partial charge in [-0.2, -0.15) is 0 Å². The highest BCUT2D eigenvalue weighted by Crippen LogP contribution is 2.28. The number of carbonyl (C=O) groups excluding carboxylic acids is 1. The van der Waals surface area contributed by atoms with E-state index < -0.39 is 6.10 Å². The minimum absolute atomic E-state index is 0.215. The fraction of sp³-hybridized carbons (Fsp3) is 0.500. The van der Waals surface area contributed by atoms with Crippen LogP contribution in [-0.2, 0) is 0 Å². The van der Waals surface area contributed by atoms with E-state index in [2.05, 4.69) is 21.2 Å². The van der Waals surface area contributed by atoms with E-state index in [9.17, 15) is 9.90 Å². The van der Waals surface area contributed by atoms with Crippen LogP contribution in [0.2, 0.25) is 0 Å². The Balaban J connectivity index is 2.06. The Morgan fingerprint density at radius 3 is 2.95 bits per heavy atom. The van der Waals surface area contributed by atoms with E-state index in [0.29, 0.717) is 24.5 Å². The summed E-state index contributed by atoms with van der Waals surface area (Å²) in [7, 11) is 1.56. The highest BCUT2D eigenvalue weighted by molar-refractivity contribution is 9.10. The summed E-state index contributed by atoms with van der Waals surface area (Å²) < 4.78 is 6.09. The Hall–Kier alpha value is -1.27. The van der Waals surface area contributed by atoms with Crippen LogP contribution in [0.1, 0.15) is 13.3 Å². The van der Waals surface area contributed by atoms with Gasteiger partial charge in [-0.05, 0) is 30.5 Å². The molecular formula is C14H19BrN2O3. The molecule has 20 heavy (non-hydrogen) atoms. The number of rotatable bonds is 2. The number of anilines is 1. The molecule has 0 radical (unpaired) electrons. The van der Waals surface area contributed by atoms with Gasteiger partial charge < -0.3 is 20.1 Å². The number of nitrogens with one attached hydrogen (secondary N) is 1. The molecule has 1 aliphatic rings. The first-order chi connectivity index (χ1) is 9.51. The molecule has 0 spiro atoms. The Morgan fingerprint density at radius 2 is 2.30 bits per heavy atom. The summed E-state index contributed by atoms with van der Waals surface area (Å²) in [5.74, 6) is 0.840. The topological polar surface area (TPSA) is 61.8 Å². The standard InChI is InChI=1S/C14H19BrN2O3/c1-9-5-6-17(8-12(9)18)14(19)16-11-7-10(15)3-4-13(11)20-2/h3-4,7,9,12,18H,5-6,8H2,1-2H3,(H,16,19). The van der Waals surface area contributed by atoms with Gasteiger partial charge in [0.2, 0.25) is 0 Å². The predicted molar refractivity (Wildman–Crippen MR) is 81.1 cm³/mol. The SMILES string of the molecule is COc1ccc(Br)cc1NC(=O)N1CCC(C)C(O)C1. The summed E-state index contributed by atoms with van der Waals surface area (Å²) in [6.07, 6.45) is 0.350. The van der Waals surface area contributed by atoms with Crippen LogP contribution in [0.3, 0.4) is 0 Å². The number of hydrogen-bond acceptors (Lipinski definition) is 3. The van der Waals surface area contributed by atoms with Crippen LogP contribution >= 0.6 is 15.9 Å². The van der Waals surface area contributed by atoms with E-state index in [4.69, 9.17) is 4.74 Å². The summed E-state index contributed by atoms with van der Waals surface area (Å²) in [5.41, 5.74) is 0.611. The van der Waals surface area contributed by atoms with E-state index in [1.807, 2.05) is 13.0 Å². The van der Waals surface area contributed by atoms with Crippen molar-refractivity contribution in [3.63, 3.8) is 0 Å². The normalized spacial score (nSPS) is 22.5. The Morgan fingerprint density at radius 1 is 1.55 bits per heavy atom. The molecule has 1 aromatic carbocycles. The second kappa shape index (κ2) is 6.45. The second-order valence-electron chi connectivity index (χ2n) is 5.05. The molecular weight excluding hydrogens is 324 g/mol. The maximum Gasteiger partial charge on any atom is 0.322 e. The van der Waals surface area contributed by atoms with Crippen LogP contribution in [0.4, 0.5) is 10.5 Å². The molecule has 0 saturated carbocycles. The molecule has 2 N–H and O–H groups in total. The van der Waals surface area contributed by atoms with E-state index >= 15 is 0 Å². The molecule has 1 aliphatic heterocycles. The summed E-state index contributed by atoms with van der Waals surface area (Å²) in [6, 6.07) is 5.21. The van der Waals surface area contributed by atoms with Crippen LogP contribution in [0.25, 0.3) is 0 Å². The predicted octanol–water partition coefficient (Wildman–Crippen LogP) is 2.69. The maximum absolute atomic E-state index is 12.2. The van der Waals surface area contributed by atoms with Crippen molar-refractivity contribution in [2.75, 3.05) is 25.5 Å². The highest BCUT2D eigenvalue weighted by Gasteiger charge is 2.27. The van der Waals surface area contributed by atoms with Gasteiger partial charge in [-0.15, -0.1) is 0 Å². The van der Waals surface area contributed by atoms with Crippen molar-refractivity contribution in [3.8, 4) is 5.75 Å². The maximum atomic E-state index is 12.2. The smallest absolute Gasteiger partial charge is 0.322 e. The summed E-state index contributed by atoms with van der Waals surface area (Å²) in [4.78, 5) is 13.9.